The number of rotatable bonds is 4. The highest BCUT2D eigenvalue weighted by molar-refractivity contribution is 5.96. The maximum absolute atomic E-state index is 13.5. The van der Waals surface area contributed by atoms with Crippen molar-refractivity contribution >= 4 is 17.6 Å². The van der Waals surface area contributed by atoms with E-state index in [4.69, 9.17) is 0 Å². The molecule has 4 aliphatic rings. The van der Waals surface area contributed by atoms with Gasteiger partial charge in [-0.2, -0.15) is 0 Å². The molecule has 1 aromatic carbocycles. The van der Waals surface area contributed by atoms with Crippen molar-refractivity contribution in [1.29, 1.82) is 0 Å². The molecule has 3 amide bonds. The standard InChI is InChI=1S/C19H23F2N3O2/c20-14-1-2-15(21)16(6-14)22-10-17(25)23-18(26)24-19-7-11-3-12(8-19)5-13(4-11)9-19/h1-2,6,11-13,22H,3-5,7-10H2,(H2,23,24,25,26). The van der Waals surface area contributed by atoms with E-state index in [0.29, 0.717) is 17.8 Å². The smallest absolute Gasteiger partial charge is 0.321 e. The highest BCUT2D eigenvalue weighted by Crippen LogP contribution is 2.55. The fraction of sp³-hybridized carbons (Fsp3) is 0.579. The summed E-state index contributed by atoms with van der Waals surface area (Å²) in [7, 11) is 0. The lowest BCUT2D eigenvalue weighted by molar-refractivity contribution is -0.118. The van der Waals surface area contributed by atoms with Crippen LogP contribution in [0.2, 0.25) is 0 Å². The minimum atomic E-state index is -0.655. The van der Waals surface area contributed by atoms with Gasteiger partial charge in [-0.05, 0) is 74.5 Å². The molecular weight excluding hydrogens is 340 g/mol. The van der Waals surface area contributed by atoms with E-state index in [1.54, 1.807) is 0 Å². The molecule has 7 heteroatoms. The molecule has 0 unspecified atom stereocenters. The predicted molar refractivity (Wildman–Crippen MR) is 92.4 cm³/mol. The Kier molecular flexibility index (Phi) is 4.32. The minimum absolute atomic E-state index is 0.110. The molecule has 0 aromatic heterocycles. The number of nitrogens with one attached hydrogen (secondary N) is 3. The van der Waals surface area contributed by atoms with Gasteiger partial charge in [-0.25, -0.2) is 13.6 Å². The fourth-order valence-corrected chi connectivity index (χ4v) is 5.52. The second-order valence-corrected chi connectivity index (χ2v) is 8.18. The molecule has 5 nitrogen and oxygen atoms in total. The van der Waals surface area contributed by atoms with Crippen LogP contribution < -0.4 is 16.0 Å². The van der Waals surface area contributed by atoms with Gasteiger partial charge in [0.1, 0.15) is 11.6 Å². The lowest BCUT2D eigenvalue weighted by atomic mass is 9.53. The molecule has 4 saturated carbocycles. The van der Waals surface area contributed by atoms with Crippen LogP contribution >= 0.6 is 0 Å². The Bertz CT molecular complexity index is 702. The highest BCUT2D eigenvalue weighted by Gasteiger charge is 2.51. The Morgan fingerprint density at radius 2 is 1.65 bits per heavy atom. The predicted octanol–water partition coefficient (Wildman–Crippen LogP) is 3.17. The summed E-state index contributed by atoms with van der Waals surface area (Å²) in [5.41, 5.74) is -0.289. The van der Waals surface area contributed by atoms with Crippen molar-refractivity contribution in [2.45, 2.75) is 44.1 Å². The molecule has 4 aliphatic carbocycles. The first kappa shape index (κ1) is 17.2. The van der Waals surface area contributed by atoms with E-state index in [2.05, 4.69) is 16.0 Å². The van der Waals surface area contributed by atoms with Crippen molar-refractivity contribution in [3.05, 3.63) is 29.8 Å². The van der Waals surface area contributed by atoms with Crippen LogP contribution in [-0.4, -0.2) is 24.0 Å². The summed E-state index contributed by atoms with van der Waals surface area (Å²) in [4.78, 5) is 24.2. The second-order valence-electron chi connectivity index (χ2n) is 8.18. The number of carbonyl (C=O) groups excluding carboxylic acids is 2. The summed E-state index contributed by atoms with van der Waals surface area (Å²) in [5.74, 6) is 0.224. The molecule has 3 N–H and O–H groups in total. The van der Waals surface area contributed by atoms with E-state index in [1.165, 1.54) is 19.3 Å². The van der Waals surface area contributed by atoms with Crippen molar-refractivity contribution in [2.24, 2.45) is 17.8 Å². The molecule has 1 aromatic rings. The molecule has 0 aliphatic heterocycles. The average Bonchev–Trinajstić information content (AvgIpc) is 2.53. The summed E-state index contributed by atoms with van der Waals surface area (Å²) in [6, 6.07) is 2.45. The summed E-state index contributed by atoms with van der Waals surface area (Å²) in [5, 5.41) is 7.84. The lowest BCUT2D eigenvalue weighted by Crippen LogP contribution is -2.62. The van der Waals surface area contributed by atoms with Gasteiger partial charge in [0.2, 0.25) is 5.91 Å². The van der Waals surface area contributed by atoms with Crippen LogP contribution in [0.25, 0.3) is 0 Å². The molecular formula is C19H23F2N3O2. The Balaban J connectivity index is 1.29. The monoisotopic (exact) mass is 363 g/mol. The number of benzene rings is 1. The second kappa shape index (κ2) is 6.52. The van der Waals surface area contributed by atoms with Crippen molar-refractivity contribution in [1.82, 2.24) is 10.6 Å². The van der Waals surface area contributed by atoms with Crippen LogP contribution in [0.5, 0.6) is 0 Å². The third-order valence-corrected chi connectivity index (χ3v) is 6.04. The van der Waals surface area contributed by atoms with Crippen LogP contribution in [0.15, 0.2) is 18.2 Å². The topological polar surface area (TPSA) is 70.2 Å². The molecule has 0 radical (unpaired) electrons. The van der Waals surface area contributed by atoms with Crippen LogP contribution in [0.3, 0.4) is 0 Å². The summed E-state index contributed by atoms with van der Waals surface area (Å²) < 4.78 is 26.7. The van der Waals surface area contributed by atoms with Crippen molar-refractivity contribution in [2.75, 3.05) is 11.9 Å². The first-order valence-corrected chi connectivity index (χ1v) is 9.22. The quantitative estimate of drug-likeness (QED) is 0.770. The molecule has 5 rings (SSSR count). The third kappa shape index (κ3) is 3.52. The van der Waals surface area contributed by atoms with Crippen LogP contribution in [-0.2, 0) is 4.79 Å². The van der Waals surface area contributed by atoms with Crippen molar-refractivity contribution in [3.63, 3.8) is 0 Å². The van der Waals surface area contributed by atoms with Gasteiger partial charge < -0.3 is 10.6 Å². The van der Waals surface area contributed by atoms with Gasteiger partial charge in [-0.3, -0.25) is 10.1 Å². The molecule has 0 atom stereocenters. The van der Waals surface area contributed by atoms with E-state index in [-0.39, 0.29) is 17.8 Å². The summed E-state index contributed by atoms with van der Waals surface area (Å²) in [6.07, 6.45) is 6.79. The number of carbonyl (C=O) groups is 2. The maximum Gasteiger partial charge on any atom is 0.321 e. The van der Waals surface area contributed by atoms with Gasteiger partial charge in [0.15, 0.2) is 0 Å². The van der Waals surface area contributed by atoms with Crippen molar-refractivity contribution < 1.29 is 18.4 Å². The van der Waals surface area contributed by atoms with Gasteiger partial charge in [0.05, 0.1) is 12.2 Å². The number of urea groups is 1. The molecule has 140 valence electrons. The first-order chi connectivity index (χ1) is 12.4. The number of halogens is 2. The Morgan fingerprint density at radius 3 is 2.27 bits per heavy atom. The summed E-state index contributed by atoms with van der Waals surface area (Å²) in [6.45, 7) is -0.311. The van der Waals surface area contributed by atoms with Crippen LogP contribution in [0, 0.1) is 29.4 Å². The van der Waals surface area contributed by atoms with E-state index in [1.807, 2.05) is 0 Å². The van der Waals surface area contributed by atoms with E-state index in [0.717, 1.165) is 37.5 Å². The maximum atomic E-state index is 13.5. The largest absolute Gasteiger partial charge is 0.374 e. The van der Waals surface area contributed by atoms with Crippen LogP contribution in [0.1, 0.15) is 38.5 Å². The molecule has 26 heavy (non-hydrogen) atoms. The average molecular weight is 363 g/mol. The zero-order chi connectivity index (χ0) is 18.3. The zero-order valence-corrected chi connectivity index (χ0v) is 14.5. The molecule has 4 bridgehead atoms. The van der Waals surface area contributed by atoms with Gasteiger partial charge in [-0.15, -0.1) is 0 Å². The first-order valence-electron chi connectivity index (χ1n) is 9.22. The van der Waals surface area contributed by atoms with E-state index >= 15 is 0 Å². The van der Waals surface area contributed by atoms with Crippen LogP contribution in [0.4, 0.5) is 19.3 Å². The number of hydrogen-bond acceptors (Lipinski definition) is 3. The number of hydrogen-bond donors (Lipinski definition) is 3. The molecule has 4 fully saturated rings. The lowest BCUT2D eigenvalue weighted by Gasteiger charge is -2.56. The highest BCUT2D eigenvalue weighted by atomic mass is 19.1. The fourth-order valence-electron chi connectivity index (χ4n) is 5.52. The van der Waals surface area contributed by atoms with Gasteiger partial charge in [0.25, 0.3) is 0 Å². The normalized spacial score (nSPS) is 31.5. The Labute approximate surface area is 150 Å². The summed E-state index contributed by atoms with van der Waals surface area (Å²) >= 11 is 0. The Hall–Kier alpha value is -2.18. The van der Waals surface area contributed by atoms with Gasteiger partial charge in [-0.1, -0.05) is 0 Å². The zero-order valence-electron chi connectivity index (χ0n) is 14.5. The van der Waals surface area contributed by atoms with Gasteiger partial charge in [0, 0.05) is 5.54 Å². The Morgan fingerprint density at radius 1 is 1.04 bits per heavy atom. The van der Waals surface area contributed by atoms with E-state index in [9.17, 15) is 18.4 Å². The third-order valence-electron chi connectivity index (χ3n) is 6.04. The number of imide groups is 1. The number of anilines is 1. The molecule has 0 spiro atoms. The van der Waals surface area contributed by atoms with Gasteiger partial charge >= 0.3 is 6.03 Å². The number of amides is 3. The van der Waals surface area contributed by atoms with E-state index < -0.39 is 23.6 Å². The minimum Gasteiger partial charge on any atom is -0.374 e. The van der Waals surface area contributed by atoms with Crippen molar-refractivity contribution in [3.8, 4) is 0 Å². The SMILES string of the molecule is O=C(CNc1cc(F)ccc1F)NC(=O)NC12CC3CC(CC(C3)C1)C2. The molecule has 0 heterocycles. The molecule has 0 saturated heterocycles.